The van der Waals surface area contributed by atoms with Crippen molar-refractivity contribution < 1.29 is 5.11 Å². The van der Waals surface area contributed by atoms with Gasteiger partial charge < -0.3 is 5.11 Å². The fraction of sp³-hybridized carbons (Fsp3) is 0.769. The zero-order chi connectivity index (χ0) is 12.4. The van der Waals surface area contributed by atoms with E-state index in [0.717, 1.165) is 44.7 Å². The van der Waals surface area contributed by atoms with Gasteiger partial charge in [-0.05, 0) is 40.2 Å². The minimum absolute atomic E-state index is 0.148. The number of nitrogens with zero attached hydrogens (tertiary/aromatic N) is 3. The molecule has 0 radical (unpaired) electrons. The molecule has 0 aliphatic carbocycles. The second-order valence-electron chi connectivity index (χ2n) is 5.00. The lowest BCUT2D eigenvalue weighted by Gasteiger charge is -2.30. The number of rotatable bonds is 3. The summed E-state index contributed by atoms with van der Waals surface area (Å²) in [6.45, 7) is 10.1. The summed E-state index contributed by atoms with van der Waals surface area (Å²) in [5.41, 5.74) is 3.73. The molecule has 1 aliphatic heterocycles. The van der Waals surface area contributed by atoms with Crippen LogP contribution < -0.4 is 0 Å². The number of β-amino-alcohol motifs (C(OH)–C–C–N with tert-alkyl or cyclic N) is 1. The SMILES string of the molecule is CCn1nc(C)c(CN2CCCC(O)C2)c1C. The van der Waals surface area contributed by atoms with Gasteiger partial charge in [0.25, 0.3) is 0 Å². The van der Waals surface area contributed by atoms with Crippen LogP contribution in [0.2, 0.25) is 0 Å². The molecule has 1 saturated heterocycles. The van der Waals surface area contributed by atoms with E-state index in [1.54, 1.807) is 0 Å². The van der Waals surface area contributed by atoms with Gasteiger partial charge in [-0.3, -0.25) is 9.58 Å². The van der Waals surface area contributed by atoms with Crippen molar-refractivity contribution in [1.29, 1.82) is 0 Å². The Morgan fingerprint density at radius 2 is 2.18 bits per heavy atom. The molecular formula is C13H23N3O. The average Bonchev–Trinajstić information content (AvgIpc) is 2.56. The topological polar surface area (TPSA) is 41.3 Å². The van der Waals surface area contributed by atoms with Gasteiger partial charge >= 0.3 is 0 Å². The first-order chi connectivity index (χ1) is 8.11. The largest absolute Gasteiger partial charge is 0.392 e. The summed E-state index contributed by atoms with van der Waals surface area (Å²) in [7, 11) is 0. The van der Waals surface area contributed by atoms with Crippen LogP contribution in [0.15, 0.2) is 0 Å². The van der Waals surface area contributed by atoms with Crippen molar-refractivity contribution >= 4 is 0 Å². The monoisotopic (exact) mass is 237 g/mol. The number of aliphatic hydroxyl groups is 1. The molecule has 0 spiro atoms. The molecule has 1 aromatic heterocycles. The molecule has 0 aromatic carbocycles. The van der Waals surface area contributed by atoms with Gasteiger partial charge in [0.1, 0.15) is 0 Å². The minimum Gasteiger partial charge on any atom is -0.392 e. The van der Waals surface area contributed by atoms with Crippen LogP contribution in [0.3, 0.4) is 0 Å². The number of aryl methyl sites for hydroxylation is 2. The molecule has 4 nitrogen and oxygen atoms in total. The standard InChI is InChI=1S/C13H23N3O/c1-4-16-11(3)13(10(2)14-16)9-15-7-5-6-12(17)8-15/h12,17H,4-9H2,1-3H3. The molecule has 1 unspecified atom stereocenters. The van der Waals surface area contributed by atoms with E-state index in [-0.39, 0.29) is 6.10 Å². The Morgan fingerprint density at radius 3 is 2.76 bits per heavy atom. The molecule has 2 rings (SSSR count). The highest BCUT2D eigenvalue weighted by Crippen LogP contribution is 2.18. The van der Waals surface area contributed by atoms with Crippen molar-refractivity contribution in [1.82, 2.24) is 14.7 Å². The van der Waals surface area contributed by atoms with Crippen molar-refractivity contribution in [3.05, 3.63) is 17.0 Å². The molecule has 1 N–H and O–H groups in total. The number of likely N-dealkylation sites (tertiary alicyclic amines) is 1. The van der Waals surface area contributed by atoms with Gasteiger partial charge in [0, 0.05) is 30.9 Å². The summed E-state index contributed by atoms with van der Waals surface area (Å²) in [4.78, 5) is 2.34. The third-order valence-corrected chi connectivity index (χ3v) is 3.69. The number of aromatic nitrogens is 2. The van der Waals surface area contributed by atoms with Gasteiger partial charge in [-0.1, -0.05) is 0 Å². The third kappa shape index (κ3) is 2.69. The Kier molecular flexibility index (Phi) is 3.84. The molecule has 0 bridgehead atoms. The first-order valence-electron chi connectivity index (χ1n) is 6.55. The van der Waals surface area contributed by atoms with Crippen LogP contribution in [0, 0.1) is 13.8 Å². The molecule has 0 saturated carbocycles. The van der Waals surface area contributed by atoms with Gasteiger partial charge in [0.05, 0.1) is 11.8 Å². The van der Waals surface area contributed by atoms with E-state index in [4.69, 9.17) is 0 Å². The van der Waals surface area contributed by atoms with Crippen LogP contribution in [0.5, 0.6) is 0 Å². The van der Waals surface area contributed by atoms with Gasteiger partial charge in [0.2, 0.25) is 0 Å². The zero-order valence-electron chi connectivity index (χ0n) is 11.1. The molecule has 17 heavy (non-hydrogen) atoms. The average molecular weight is 237 g/mol. The van der Waals surface area contributed by atoms with E-state index in [2.05, 4.69) is 35.5 Å². The first-order valence-corrected chi connectivity index (χ1v) is 6.55. The fourth-order valence-corrected chi connectivity index (χ4v) is 2.67. The van der Waals surface area contributed by atoms with Gasteiger partial charge in [-0.2, -0.15) is 5.10 Å². The Hall–Kier alpha value is -0.870. The first kappa shape index (κ1) is 12.6. The normalized spacial score (nSPS) is 22.0. The second-order valence-corrected chi connectivity index (χ2v) is 5.00. The Balaban J connectivity index is 2.10. The van der Waals surface area contributed by atoms with Crippen LogP contribution in [-0.2, 0) is 13.1 Å². The maximum atomic E-state index is 9.69. The van der Waals surface area contributed by atoms with Crippen molar-refractivity contribution in [3.63, 3.8) is 0 Å². The number of hydrogen-bond donors (Lipinski definition) is 1. The molecule has 1 fully saturated rings. The van der Waals surface area contributed by atoms with Gasteiger partial charge in [-0.15, -0.1) is 0 Å². The van der Waals surface area contributed by atoms with E-state index in [1.807, 2.05) is 0 Å². The molecule has 1 aliphatic rings. The lowest BCUT2D eigenvalue weighted by molar-refractivity contribution is 0.0666. The van der Waals surface area contributed by atoms with Gasteiger partial charge in [-0.25, -0.2) is 0 Å². The van der Waals surface area contributed by atoms with Crippen LogP contribution >= 0.6 is 0 Å². The number of piperidine rings is 1. The summed E-state index contributed by atoms with van der Waals surface area (Å²) in [5.74, 6) is 0. The van der Waals surface area contributed by atoms with Crippen LogP contribution in [-0.4, -0.2) is 39.0 Å². The highest BCUT2D eigenvalue weighted by molar-refractivity contribution is 5.24. The molecule has 96 valence electrons. The van der Waals surface area contributed by atoms with Crippen molar-refractivity contribution in [2.24, 2.45) is 0 Å². The minimum atomic E-state index is -0.148. The molecule has 1 atom stereocenters. The molecule has 0 amide bonds. The quantitative estimate of drug-likeness (QED) is 0.865. The maximum Gasteiger partial charge on any atom is 0.0667 e. The highest BCUT2D eigenvalue weighted by atomic mass is 16.3. The van der Waals surface area contributed by atoms with Crippen molar-refractivity contribution in [2.45, 2.75) is 52.8 Å². The van der Waals surface area contributed by atoms with E-state index in [9.17, 15) is 5.11 Å². The summed E-state index contributed by atoms with van der Waals surface area (Å²) in [6.07, 6.45) is 1.90. The summed E-state index contributed by atoms with van der Waals surface area (Å²) in [5, 5.41) is 14.2. The van der Waals surface area contributed by atoms with E-state index < -0.39 is 0 Å². The fourth-order valence-electron chi connectivity index (χ4n) is 2.67. The van der Waals surface area contributed by atoms with Crippen molar-refractivity contribution in [2.75, 3.05) is 13.1 Å². The summed E-state index contributed by atoms with van der Waals surface area (Å²) >= 11 is 0. The highest BCUT2D eigenvalue weighted by Gasteiger charge is 2.20. The third-order valence-electron chi connectivity index (χ3n) is 3.69. The van der Waals surface area contributed by atoms with Crippen molar-refractivity contribution in [3.8, 4) is 0 Å². The van der Waals surface area contributed by atoms with Crippen LogP contribution in [0.1, 0.15) is 36.7 Å². The lowest BCUT2D eigenvalue weighted by atomic mass is 10.1. The number of aliphatic hydroxyl groups excluding tert-OH is 1. The van der Waals surface area contributed by atoms with Crippen LogP contribution in [0.25, 0.3) is 0 Å². The predicted molar refractivity (Wildman–Crippen MR) is 67.9 cm³/mol. The maximum absolute atomic E-state index is 9.69. The number of hydrogen-bond acceptors (Lipinski definition) is 3. The Morgan fingerprint density at radius 1 is 1.41 bits per heavy atom. The van der Waals surface area contributed by atoms with Gasteiger partial charge in [0.15, 0.2) is 0 Å². The zero-order valence-corrected chi connectivity index (χ0v) is 11.1. The second kappa shape index (κ2) is 5.19. The van der Waals surface area contributed by atoms with E-state index in [0.29, 0.717) is 0 Å². The summed E-state index contributed by atoms with van der Waals surface area (Å²) in [6, 6.07) is 0. The lowest BCUT2D eigenvalue weighted by Crippen LogP contribution is -2.37. The molecular weight excluding hydrogens is 214 g/mol. The van der Waals surface area contributed by atoms with E-state index >= 15 is 0 Å². The smallest absolute Gasteiger partial charge is 0.0667 e. The molecule has 1 aromatic rings. The summed E-state index contributed by atoms with van der Waals surface area (Å²) < 4.78 is 2.06. The Bertz CT molecular complexity index is 386. The Labute approximate surface area is 103 Å². The van der Waals surface area contributed by atoms with E-state index in [1.165, 1.54) is 11.3 Å². The predicted octanol–water partition coefficient (Wildman–Crippen LogP) is 1.48. The molecule has 2 heterocycles. The van der Waals surface area contributed by atoms with Crippen LogP contribution in [0.4, 0.5) is 0 Å². The molecule has 4 heteroatoms.